The number of aromatic nitrogens is 4. The third-order valence-electron chi connectivity index (χ3n) is 4.81. The predicted octanol–water partition coefficient (Wildman–Crippen LogP) is 4.01. The summed E-state index contributed by atoms with van der Waals surface area (Å²) < 4.78 is 7.21. The molecule has 0 fully saturated rings. The molecule has 1 aromatic carbocycles. The van der Waals surface area contributed by atoms with E-state index in [4.69, 9.17) is 4.74 Å². The van der Waals surface area contributed by atoms with Crippen LogP contribution >= 0.6 is 23.1 Å². The van der Waals surface area contributed by atoms with Gasteiger partial charge in [0.25, 0.3) is 0 Å². The molecule has 160 valence electrons. The maximum atomic E-state index is 12.8. The number of carbonyl (C=O) groups excluding carboxylic acids is 1. The third-order valence-corrected chi connectivity index (χ3v) is 6.39. The SMILES string of the molecule is COc1cccc(-c2nc(CC(=O)N[C@@H](CCSC)c3nnc4ccccn34)cs2)c1. The standard InChI is InChI=1S/C22H23N5O2S2/c1-29-17-7-5-6-15(12-17)22-23-16(14-31-22)13-20(28)24-18(9-11-30-2)21-26-25-19-8-3-4-10-27(19)21/h3-8,10,12,14,18H,9,11,13H2,1-2H3,(H,24,28)/t18-/m0/s1. The zero-order valence-corrected chi connectivity index (χ0v) is 18.9. The van der Waals surface area contributed by atoms with Crippen molar-refractivity contribution >= 4 is 34.7 Å². The third kappa shape index (κ3) is 5.05. The van der Waals surface area contributed by atoms with E-state index in [9.17, 15) is 4.79 Å². The number of thioether (sulfide) groups is 1. The van der Waals surface area contributed by atoms with Gasteiger partial charge >= 0.3 is 0 Å². The second-order valence-corrected chi connectivity index (χ2v) is 8.79. The quantitative estimate of drug-likeness (QED) is 0.412. The molecule has 0 radical (unpaired) electrons. The molecule has 0 spiro atoms. The van der Waals surface area contributed by atoms with Crippen molar-refractivity contribution in [3.63, 3.8) is 0 Å². The second-order valence-electron chi connectivity index (χ2n) is 6.94. The fourth-order valence-electron chi connectivity index (χ4n) is 3.29. The highest BCUT2D eigenvalue weighted by Gasteiger charge is 2.21. The van der Waals surface area contributed by atoms with E-state index in [2.05, 4.69) is 26.8 Å². The minimum Gasteiger partial charge on any atom is -0.497 e. The number of hydrogen-bond acceptors (Lipinski definition) is 7. The van der Waals surface area contributed by atoms with E-state index in [1.165, 1.54) is 11.3 Å². The lowest BCUT2D eigenvalue weighted by atomic mass is 10.2. The molecular weight excluding hydrogens is 430 g/mol. The van der Waals surface area contributed by atoms with Gasteiger partial charge in [-0.05, 0) is 42.7 Å². The molecule has 4 aromatic rings. The van der Waals surface area contributed by atoms with Crippen molar-refractivity contribution in [1.29, 1.82) is 0 Å². The number of methoxy groups -OCH3 is 1. The van der Waals surface area contributed by atoms with E-state index in [-0.39, 0.29) is 18.4 Å². The van der Waals surface area contributed by atoms with Gasteiger partial charge in [-0.1, -0.05) is 18.2 Å². The van der Waals surface area contributed by atoms with Crippen LogP contribution < -0.4 is 10.1 Å². The van der Waals surface area contributed by atoms with E-state index in [0.29, 0.717) is 0 Å². The molecule has 1 N–H and O–H groups in total. The summed E-state index contributed by atoms with van der Waals surface area (Å²) in [5.41, 5.74) is 2.49. The Kier molecular flexibility index (Phi) is 6.83. The lowest BCUT2D eigenvalue weighted by Gasteiger charge is -2.16. The van der Waals surface area contributed by atoms with E-state index in [1.54, 1.807) is 18.9 Å². The predicted molar refractivity (Wildman–Crippen MR) is 125 cm³/mol. The summed E-state index contributed by atoms with van der Waals surface area (Å²) in [6.45, 7) is 0. The molecule has 1 atom stereocenters. The maximum absolute atomic E-state index is 12.8. The Labute approximate surface area is 188 Å². The summed E-state index contributed by atoms with van der Waals surface area (Å²) in [6.07, 6.45) is 4.96. The van der Waals surface area contributed by atoms with Crippen LogP contribution in [0.3, 0.4) is 0 Å². The number of amides is 1. The highest BCUT2D eigenvalue weighted by atomic mass is 32.2. The topological polar surface area (TPSA) is 81.4 Å². The van der Waals surface area contributed by atoms with Crippen LogP contribution in [0.4, 0.5) is 0 Å². The Morgan fingerprint density at radius 2 is 2.16 bits per heavy atom. The van der Waals surface area contributed by atoms with Gasteiger partial charge in [-0.3, -0.25) is 9.20 Å². The van der Waals surface area contributed by atoms with Gasteiger partial charge in [-0.15, -0.1) is 21.5 Å². The van der Waals surface area contributed by atoms with Gasteiger partial charge in [0.05, 0.1) is 25.3 Å². The number of hydrogen-bond donors (Lipinski definition) is 1. The first-order valence-corrected chi connectivity index (χ1v) is 12.1. The zero-order chi connectivity index (χ0) is 21.6. The summed E-state index contributed by atoms with van der Waals surface area (Å²) in [5.74, 6) is 2.35. The first kappa shape index (κ1) is 21.3. The van der Waals surface area contributed by atoms with E-state index in [0.717, 1.165) is 45.7 Å². The Morgan fingerprint density at radius 1 is 1.26 bits per heavy atom. The molecule has 0 aliphatic carbocycles. The van der Waals surface area contributed by atoms with Crippen LogP contribution in [0.15, 0.2) is 54.0 Å². The number of thiazole rings is 1. The Morgan fingerprint density at radius 3 is 3.00 bits per heavy atom. The number of pyridine rings is 1. The monoisotopic (exact) mass is 453 g/mol. The molecule has 0 saturated carbocycles. The van der Waals surface area contributed by atoms with Gasteiger partial charge in [0.2, 0.25) is 5.91 Å². The molecule has 0 aliphatic rings. The molecule has 3 heterocycles. The molecule has 3 aromatic heterocycles. The van der Waals surface area contributed by atoms with Crippen LogP contribution in [-0.2, 0) is 11.2 Å². The van der Waals surface area contributed by atoms with E-state index in [1.807, 2.05) is 58.4 Å². The highest BCUT2D eigenvalue weighted by Crippen LogP contribution is 2.27. The number of ether oxygens (including phenoxy) is 1. The molecule has 4 rings (SSSR count). The van der Waals surface area contributed by atoms with Crippen LogP contribution in [0.5, 0.6) is 5.75 Å². The number of nitrogens with one attached hydrogen (secondary N) is 1. The summed E-state index contributed by atoms with van der Waals surface area (Å²) >= 11 is 3.26. The molecular formula is C22H23N5O2S2. The van der Waals surface area contributed by atoms with E-state index < -0.39 is 0 Å². The van der Waals surface area contributed by atoms with Crippen LogP contribution in [0.1, 0.15) is 24.0 Å². The summed E-state index contributed by atoms with van der Waals surface area (Å²) in [4.78, 5) is 17.5. The minimum absolute atomic E-state index is 0.0822. The molecule has 1 amide bonds. The number of benzene rings is 1. The minimum atomic E-state index is -0.214. The summed E-state index contributed by atoms with van der Waals surface area (Å²) in [7, 11) is 1.64. The van der Waals surface area contributed by atoms with Crippen molar-refractivity contribution in [2.45, 2.75) is 18.9 Å². The van der Waals surface area contributed by atoms with Gasteiger partial charge in [0.15, 0.2) is 11.5 Å². The van der Waals surface area contributed by atoms with Crippen molar-refractivity contribution in [3.05, 3.63) is 65.6 Å². The molecule has 0 aliphatic heterocycles. The maximum Gasteiger partial charge on any atom is 0.226 e. The van der Waals surface area contributed by atoms with Crippen LogP contribution in [-0.4, -0.2) is 44.6 Å². The van der Waals surface area contributed by atoms with Crippen molar-refractivity contribution in [2.75, 3.05) is 19.1 Å². The van der Waals surface area contributed by atoms with Crippen LogP contribution in [0.2, 0.25) is 0 Å². The van der Waals surface area contributed by atoms with Gasteiger partial charge in [-0.25, -0.2) is 4.98 Å². The van der Waals surface area contributed by atoms with Crippen molar-refractivity contribution in [1.82, 2.24) is 24.9 Å². The molecule has 0 saturated heterocycles. The molecule has 0 unspecified atom stereocenters. The number of nitrogens with zero attached hydrogens (tertiary/aromatic N) is 4. The normalized spacial score (nSPS) is 12.1. The lowest BCUT2D eigenvalue weighted by Crippen LogP contribution is -2.31. The van der Waals surface area contributed by atoms with Crippen LogP contribution in [0.25, 0.3) is 16.2 Å². The van der Waals surface area contributed by atoms with Gasteiger partial charge in [0, 0.05) is 17.1 Å². The molecule has 7 nitrogen and oxygen atoms in total. The van der Waals surface area contributed by atoms with Crippen molar-refractivity contribution in [3.8, 4) is 16.3 Å². The lowest BCUT2D eigenvalue weighted by molar-refractivity contribution is -0.121. The smallest absolute Gasteiger partial charge is 0.226 e. The van der Waals surface area contributed by atoms with Crippen molar-refractivity contribution < 1.29 is 9.53 Å². The average Bonchev–Trinajstić information content (AvgIpc) is 3.44. The second kappa shape index (κ2) is 9.93. The zero-order valence-electron chi connectivity index (χ0n) is 17.3. The first-order chi connectivity index (χ1) is 15.2. The largest absolute Gasteiger partial charge is 0.497 e. The van der Waals surface area contributed by atoms with Gasteiger partial charge in [0.1, 0.15) is 10.8 Å². The Bertz CT molecular complexity index is 1170. The Hall–Kier alpha value is -2.91. The van der Waals surface area contributed by atoms with Crippen LogP contribution in [0, 0.1) is 0 Å². The average molecular weight is 454 g/mol. The van der Waals surface area contributed by atoms with Gasteiger partial charge < -0.3 is 10.1 Å². The molecule has 0 bridgehead atoms. The van der Waals surface area contributed by atoms with Gasteiger partial charge in [-0.2, -0.15) is 11.8 Å². The first-order valence-electron chi connectivity index (χ1n) is 9.84. The number of carbonyl (C=O) groups is 1. The fraction of sp³-hybridized carbons (Fsp3) is 0.273. The van der Waals surface area contributed by atoms with Crippen molar-refractivity contribution in [2.24, 2.45) is 0 Å². The number of rotatable bonds is 9. The highest BCUT2D eigenvalue weighted by molar-refractivity contribution is 7.98. The summed E-state index contributed by atoms with van der Waals surface area (Å²) in [5, 5.41) is 14.5. The molecule has 9 heteroatoms. The fourth-order valence-corrected chi connectivity index (χ4v) is 4.57. The summed E-state index contributed by atoms with van der Waals surface area (Å²) in [6, 6.07) is 13.3. The van der Waals surface area contributed by atoms with E-state index >= 15 is 0 Å². The Balaban J connectivity index is 1.47. The molecule has 31 heavy (non-hydrogen) atoms. The number of fused-ring (bicyclic) bond motifs is 1.